The molecule has 0 bridgehead atoms. The Labute approximate surface area is 183 Å². The van der Waals surface area contributed by atoms with Gasteiger partial charge in [0.1, 0.15) is 11.3 Å². The van der Waals surface area contributed by atoms with Crippen LogP contribution in [0.5, 0.6) is 0 Å². The molecule has 4 atom stereocenters. The van der Waals surface area contributed by atoms with Crippen LogP contribution >= 0.6 is 0 Å². The summed E-state index contributed by atoms with van der Waals surface area (Å²) in [6, 6.07) is 15.1. The minimum absolute atomic E-state index is 0.349. The standard InChI is InChI=1S/C24H22N2O6/c1-2-13-7-9-15(10-8-13)26-21(28)18-19(22(26)29)24(12-27,23(30)31)25-20(18)17-11-14-5-3-4-6-16(14)32-17/h3-11,18-20,25,27H,2,12H2,1H3,(H,30,31). The lowest BCUT2D eigenvalue weighted by Crippen LogP contribution is -2.58. The molecule has 1 aromatic heterocycles. The molecule has 4 unspecified atom stereocenters. The van der Waals surface area contributed by atoms with Crippen LogP contribution in [0.3, 0.4) is 0 Å². The van der Waals surface area contributed by atoms with Crippen molar-refractivity contribution in [2.75, 3.05) is 11.5 Å². The van der Waals surface area contributed by atoms with Gasteiger partial charge >= 0.3 is 5.97 Å². The number of carbonyl (C=O) groups is 3. The Bertz CT molecular complexity index is 1200. The number of imide groups is 1. The predicted octanol–water partition coefficient (Wildman–Crippen LogP) is 2.26. The maximum absolute atomic E-state index is 13.5. The Morgan fingerprint density at radius 3 is 2.47 bits per heavy atom. The fraction of sp³-hybridized carbons (Fsp3) is 0.292. The average Bonchev–Trinajstić information content (AvgIpc) is 3.45. The summed E-state index contributed by atoms with van der Waals surface area (Å²) in [7, 11) is 0. The molecule has 8 nitrogen and oxygen atoms in total. The molecule has 3 heterocycles. The van der Waals surface area contributed by atoms with Crippen LogP contribution in [0, 0.1) is 11.8 Å². The van der Waals surface area contributed by atoms with Crippen molar-refractivity contribution in [3.63, 3.8) is 0 Å². The van der Waals surface area contributed by atoms with E-state index in [9.17, 15) is 24.6 Å². The second-order valence-corrected chi connectivity index (χ2v) is 8.28. The average molecular weight is 434 g/mol. The first-order chi connectivity index (χ1) is 15.4. The van der Waals surface area contributed by atoms with Gasteiger partial charge < -0.3 is 14.6 Å². The van der Waals surface area contributed by atoms with Crippen molar-refractivity contribution in [1.82, 2.24) is 5.32 Å². The molecule has 2 saturated heterocycles. The van der Waals surface area contributed by atoms with Crippen molar-refractivity contribution in [2.45, 2.75) is 24.9 Å². The highest BCUT2D eigenvalue weighted by atomic mass is 16.4. The number of anilines is 1. The number of aliphatic hydroxyl groups is 1. The summed E-state index contributed by atoms with van der Waals surface area (Å²) in [6.45, 7) is 1.15. The summed E-state index contributed by atoms with van der Waals surface area (Å²) in [5, 5.41) is 23.8. The van der Waals surface area contributed by atoms with Crippen molar-refractivity contribution in [2.24, 2.45) is 11.8 Å². The predicted molar refractivity (Wildman–Crippen MR) is 115 cm³/mol. The number of nitrogens with zero attached hydrogens (tertiary/aromatic N) is 1. The fourth-order valence-corrected chi connectivity index (χ4v) is 4.95. The van der Waals surface area contributed by atoms with Gasteiger partial charge in [0, 0.05) is 5.39 Å². The van der Waals surface area contributed by atoms with Crippen LogP contribution in [0.4, 0.5) is 5.69 Å². The largest absolute Gasteiger partial charge is 0.480 e. The van der Waals surface area contributed by atoms with Crippen molar-refractivity contribution in [1.29, 1.82) is 0 Å². The Hall–Kier alpha value is -3.49. The summed E-state index contributed by atoms with van der Waals surface area (Å²) in [4.78, 5) is 40.3. The van der Waals surface area contributed by atoms with Crippen molar-refractivity contribution in [3.05, 3.63) is 65.9 Å². The zero-order chi connectivity index (χ0) is 22.6. The van der Waals surface area contributed by atoms with E-state index in [0.717, 1.165) is 22.3 Å². The van der Waals surface area contributed by atoms with E-state index in [1.807, 2.05) is 37.3 Å². The van der Waals surface area contributed by atoms with E-state index in [1.54, 1.807) is 24.3 Å². The van der Waals surface area contributed by atoms with Crippen LogP contribution < -0.4 is 10.2 Å². The Kier molecular flexibility index (Phi) is 4.65. The number of aliphatic hydroxyl groups excluding tert-OH is 1. The first-order valence-corrected chi connectivity index (χ1v) is 10.5. The van der Waals surface area contributed by atoms with Gasteiger partial charge in [-0.25, -0.2) is 4.90 Å². The van der Waals surface area contributed by atoms with Crippen molar-refractivity contribution < 1.29 is 29.0 Å². The van der Waals surface area contributed by atoms with Gasteiger partial charge in [0.2, 0.25) is 11.8 Å². The maximum Gasteiger partial charge on any atom is 0.327 e. The summed E-state index contributed by atoms with van der Waals surface area (Å²) >= 11 is 0. The molecule has 5 rings (SSSR count). The van der Waals surface area contributed by atoms with Gasteiger partial charge in [0.05, 0.1) is 30.2 Å². The van der Waals surface area contributed by atoms with Crippen LogP contribution in [0.25, 0.3) is 11.0 Å². The summed E-state index contributed by atoms with van der Waals surface area (Å²) in [5.74, 6) is -4.51. The van der Waals surface area contributed by atoms with Crippen molar-refractivity contribution >= 4 is 34.4 Å². The minimum atomic E-state index is -2.00. The molecule has 2 aromatic carbocycles. The molecule has 0 radical (unpaired) electrons. The topological polar surface area (TPSA) is 120 Å². The van der Waals surface area contributed by atoms with E-state index < -0.39 is 47.8 Å². The van der Waals surface area contributed by atoms with Crippen molar-refractivity contribution in [3.8, 4) is 0 Å². The van der Waals surface area contributed by atoms with E-state index >= 15 is 0 Å². The van der Waals surface area contributed by atoms with Gasteiger partial charge in [-0.3, -0.25) is 19.7 Å². The Balaban J connectivity index is 1.62. The van der Waals surface area contributed by atoms with Crippen LogP contribution in [-0.4, -0.2) is 40.1 Å². The summed E-state index contributed by atoms with van der Waals surface area (Å²) in [5.41, 5.74) is 0.0119. The molecule has 0 aliphatic carbocycles. The maximum atomic E-state index is 13.5. The third-order valence-electron chi connectivity index (χ3n) is 6.64. The van der Waals surface area contributed by atoms with E-state index in [4.69, 9.17) is 4.42 Å². The molecule has 8 heteroatoms. The molecule has 3 N–H and O–H groups in total. The van der Waals surface area contributed by atoms with E-state index in [1.165, 1.54) is 0 Å². The van der Waals surface area contributed by atoms with E-state index in [0.29, 0.717) is 17.0 Å². The first kappa shape index (κ1) is 20.4. The summed E-state index contributed by atoms with van der Waals surface area (Å²) < 4.78 is 5.91. The Morgan fingerprint density at radius 2 is 1.84 bits per heavy atom. The SMILES string of the molecule is CCc1ccc(N2C(=O)C3C(c4cc5ccccc5o4)NC(CO)(C(=O)O)C3C2=O)cc1. The van der Waals surface area contributed by atoms with Gasteiger partial charge in [0.15, 0.2) is 5.54 Å². The third-order valence-corrected chi connectivity index (χ3v) is 6.64. The van der Waals surface area contributed by atoms with Gasteiger partial charge in [-0.2, -0.15) is 0 Å². The van der Waals surface area contributed by atoms with E-state index in [2.05, 4.69) is 5.32 Å². The summed E-state index contributed by atoms with van der Waals surface area (Å²) in [6.07, 6.45) is 0.804. The van der Waals surface area contributed by atoms with Crippen LogP contribution in [0.15, 0.2) is 59.0 Å². The number of furan rings is 1. The van der Waals surface area contributed by atoms with Gasteiger partial charge in [-0.15, -0.1) is 0 Å². The zero-order valence-electron chi connectivity index (χ0n) is 17.3. The monoisotopic (exact) mass is 434 g/mol. The number of para-hydroxylation sites is 1. The number of benzene rings is 2. The normalized spacial score (nSPS) is 27.3. The number of rotatable bonds is 5. The number of carboxylic acid groups (broad SMARTS) is 1. The number of carboxylic acids is 1. The number of hydrogen-bond acceptors (Lipinski definition) is 6. The van der Waals surface area contributed by atoms with Crippen LogP contribution in [0.2, 0.25) is 0 Å². The number of amides is 2. The molecular weight excluding hydrogens is 412 g/mol. The highest BCUT2D eigenvalue weighted by molar-refractivity contribution is 6.24. The number of aliphatic carboxylic acids is 1. The third kappa shape index (κ3) is 2.73. The lowest BCUT2D eigenvalue weighted by atomic mass is 9.80. The molecular formula is C24H22N2O6. The smallest absolute Gasteiger partial charge is 0.327 e. The number of fused-ring (bicyclic) bond motifs is 2. The molecule has 2 aliphatic heterocycles. The molecule has 0 saturated carbocycles. The molecule has 2 fully saturated rings. The van der Waals surface area contributed by atoms with Gasteiger partial charge in [-0.1, -0.05) is 37.3 Å². The van der Waals surface area contributed by atoms with Crippen LogP contribution in [0.1, 0.15) is 24.3 Å². The lowest BCUT2D eigenvalue weighted by molar-refractivity contribution is -0.150. The Morgan fingerprint density at radius 1 is 1.12 bits per heavy atom. The number of carbonyl (C=O) groups excluding carboxylic acids is 2. The second kappa shape index (κ2) is 7.29. The number of aryl methyl sites for hydroxylation is 1. The van der Waals surface area contributed by atoms with Crippen LogP contribution in [-0.2, 0) is 20.8 Å². The molecule has 2 aliphatic rings. The second-order valence-electron chi connectivity index (χ2n) is 8.28. The number of hydrogen-bond donors (Lipinski definition) is 3. The zero-order valence-corrected chi connectivity index (χ0v) is 17.3. The molecule has 3 aromatic rings. The van der Waals surface area contributed by atoms with Gasteiger partial charge in [0.25, 0.3) is 0 Å². The van der Waals surface area contributed by atoms with E-state index in [-0.39, 0.29) is 0 Å². The molecule has 2 amide bonds. The molecule has 164 valence electrons. The minimum Gasteiger partial charge on any atom is -0.480 e. The first-order valence-electron chi connectivity index (χ1n) is 10.5. The molecule has 32 heavy (non-hydrogen) atoms. The van der Waals surface area contributed by atoms with Gasteiger partial charge in [-0.05, 0) is 36.2 Å². The number of nitrogens with one attached hydrogen (secondary N) is 1. The fourth-order valence-electron chi connectivity index (χ4n) is 4.95. The highest BCUT2D eigenvalue weighted by Crippen LogP contribution is 2.50. The quantitative estimate of drug-likeness (QED) is 0.527. The molecule has 0 spiro atoms. The lowest BCUT2D eigenvalue weighted by Gasteiger charge is -2.28. The highest BCUT2D eigenvalue weighted by Gasteiger charge is 2.69.